The van der Waals surface area contributed by atoms with Crippen LogP contribution < -0.4 is 5.32 Å². The van der Waals surface area contributed by atoms with Gasteiger partial charge in [-0.05, 0) is 18.2 Å². The molecule has 25 heavy (non-hydrogen) atoms. The summed E-state index contributed by atoms with van der Waals surface area (Å²) < 4.78 is 27.5. The minimum atomic E-state index is -0.721. The van der Waals surface area contributed by atoms with Crippen LogP contribution in [0, 0.1) is 11.6 Å². The predicted molar refractivity (Wildman–Crippen MR) is 94.4 cm³/mol. The highest BCUT2D eigenvalue weighted by atomic mass is 35.5. The Balaban J connectivity index is 1.67. The molecule has 0 radical (unpaired) electrons. The van der Waals surface area contributed by atoms with Crippen LogP contribution in [-0.2, 0) is 13.1 Å². The van der Waals surface area contributed by atoms with Crippen molar-refractivity contribution in [1.82, 2.24) is 15.3 Å². The summed E-state index contributed by atoms with van der Waals surface area (Å²) in [6, 6.07) is 8.65. The van der Waals surface area contributed by atoms with Crippen LogP contribution in [0.5, 0.6) is 0 Å². The fourth-order valence-electron chi connectivity index (χ4n) is 2.38. The Labute approximate surface area is 153 Å². The number of rotatable bonds is 5. The summed E-state index contributed by atoms with van der Waals surface area (Å²) in [6.07, 6.45) is 3.38. The first-order valence-electron chi connectivity index (χ1n) is 7.44. The Morgan fingerprint density at radius 1 is 0.880 bits per heavy atom. The van der Waals surface area contributed by atoms with Crippen LogP contribution in [-0.4, -0.2) is 9.97 Å². The van der Waals surface area contributed by atoms with E-state index in [0.29, 0.717) is 28.7 Å². The molecule has 7 heteroatoms. The first-order valence-corrected chi connectivity index (χ1v) is 8.20. The number of hydrogen-bond acceptors (Lipinski definition) is 3. The molecule has 128 valence electrons. The molecule has 0 atom stereocenters. The third kappa shape index (κ3) is 4.12. The third-order valence-electron chi connectivity index (χ3n) is 3.64. The Bertz CT molecular complexity index is 845. The molecule has 0 aliphatic carbocycles. The number of halogens is 4. The predicted octanol–water partition coefficient (Wildman–Crippen LogP) is 5.02. The van der Waals surface area contributed by atoms with E-state index < -0.39 is 11.6 Å². The van der Waals surface area contributed by atoms with Crippen LogP contribution in [0.3, 0.4) is 0 Å². The van der Waals surface area contributed by atoms with Crippen LogP contribution in [0.25, 0.3) is 11.1 Å². The van der Waals surface area contributed by atoms with Gasteiger partial charge in [0.2, 0.25) is 0 Å². The molecule has 0 fully saturated rings. The molecule has 3 nitrogen and oxygen atoms in total. The van der Waals surface area contributed by atoms with E-state index in [-0.39, 0.29) is 5.56 Å². The minimum absolute atomic E-state index is 0.134. The van der Waals surface area contributed by atoms with Gasteiger partial charge in [-0.15, -0.1) is 0 Å². The zero-order valence-electron chi connectivity index (χ0n) is 12.9. The van der Waals surface area contributed by atoms with Crippen molar-refractivity contribution in [2.24, 2.45) is 0 Å². The fourth-order valence-corrected chi connectivity index (χ4v) is 2.91. The molecule has 0 aliphatic rings. The second-order valence-corrected chi connectivity index (χ2v) is 6.13. The lowest BCUT2D eigenvalue weighted by atomic mass is 10.1. The molecule has 0 unspecified atom stereocenters. The SMILES string of the molecule is Fc1cncc(F)c1-c1ccc(CNCc2c(Cl)cccc2Cl)nc1. The van der Waals surface area contributed by atoms with E-state index in [9.17, 15) is 8.78 Å². The van der Waals surface area contributed by atoms with Gasteiger partial charge in [0.25, 0.3) is 0 Å². The van der Waals surface area contributed by atoms with E-state index in [4.69, 9.17) is 23.2 Å². The van der Waals surface area contributed by atoms with Gasteiger partial charge in [-0.1, -0.05) is 35.3 Å². The quantitative estimate of drug-likeness (QED) is 0.676. The monoisotopic (exact) mass is 379 g/mol. The Morgan fingerprint density at radius 3 is 2.16 bits per heavy atom. The van der Waals surface area contributed by atoms with Gasteiger partial charge < -0.3 is 5.32 Å². The molecule has 0 saturated carbocycles. The fraction of sp³-hybridized carbons (Fsp3) is 0.111. The van der Waals surface area contributed by atoms with Gasteiger partial charge in [0.05, 0.1) is 23.7 Å². The number of nitrogens with zero attached hydrogens (tertiary/aromatic N) is 2. The third-order valence-corrected chi connectivity index (χ3v) is 4.34. The lowest BCUT2D eigenvalue weighted by Crippen LogP contribution is -2.14. The number of nitrogens with one attached hydrogen (secondary N) is 1. The molecule has 0 bridgehead atoms. The van der Waals surface area contributed by atoms with Gasteiger partial charge in [0.1, 0.15) is 0 Å². The minimum Gasteiger partial charge on any atom is -0.307 e. The first kappa shape index (κ1) is 17.7. The maximum Gasteiger partial charge on any atom is 0.152 e. The molecule has 2 heterocycles. The highest BCUT2D eigenvalue weighted by Crippen LogP contribution is 2.25. The van der Waals surface area contributed by atoms with Crippen LogP contribution in [0.15, 0.2) is 48.9 Å². The zero-order valence-corrected chi connectivity index (χ0v) is 14.5. The van der Waals surface area contributed by atoms with Crippen molar-refractivity contribution in [3.05, 3.63) is 81.9 Å². The summed E-state index contributed by atoms with van der Waals surface area (Å²) in [5.74, 6) is -1.44. The summed E-state index contributed by atoms with van der Waals surface area (Å²) >= 11 is 12.2. The number of hydrogen-bond donors (Lipinski definition) is 1. The Kier molecular flexibility index (Phi) is 5.58. The second kappa shape index (κ2) is 7.87. The van der Waals surface area contributed by atoms with Crippen molar-refractivity contribution >= 4 is 23.2 Å². The maximum absolute atomic E-state index is 13.7. The van der Waals surface area contributed by atoms with E-state index >= 15 is 0 Å². The van der Waals surface area contributed by atoms with Crippen LogP contribution >= 0.6 is 23.2 Å². The van der Waals surface area contributed by atoms with Gasteiger partial charge in [-0.25, -0.2) is 8.78 Å². The summed E-state index contributed by atoms with van der Waals surface area (Å²) in [5.41, 5.74) is 1.75. The molecule has 0 spiro atoms. The van der Waals surface area contributed by atoms with Gasteiger partial charge >= 0.3 is 0 Å². The Hall–Kier alpha value is -2.08. The average Bonchev–Trinajstić information content (AvgIpc) is 2.59. The first-order chi connectivity index (χ1) is 12.1. The van der Waals surface area contributed by atoms with Gasteiger partial charge in [-0.3, -0.25) is 9.97 Å². The van der Waals surface area contributed by atoms with E-state index in [1.165, 1.54) is 6.20 Å². The summed E-state index contributed by atoms with van der Waals surface area (Å²) in [6.45, 7) is 0.943. The van der Waals surface area contributed by atoms with E-state index in [2.05, 4.69) is 15.3 Å². The highest BCUT2D eigenvalue weighted by Gasteiger charge is 2.12. The smallest absolute Gasteiger partial charge is 0.152 e. The van der Waals surface area contributed by atoms with E-state index in [1.807, 2.05) is 0 Å². The summed E-state index contributed by atoms with van der Waals surface area (Å²) in [5, 5.41) is 4.37. The van der Waals surface area contributed by atoms with Crippen LogP contribution in [0.2, 0.25) is 10.0 Å². The summed E-state index contributed by atoms with van der Waals surface area (Å²) in [7, 11) is 0. The topological polar surface area (TPSA) is 37.8 Å². The van der Waals surface area contributed by atoms with E-state index in [1.54, 1.807) is 30.3 Å². The lowest BCUT2D eigenvalue weighted by molar-refractivity contribution is 0.579. The molecule has 3 aromatic rings. The zero-order chi connectivity index (χ0) is 17.8. The molecule has 0 saturated heterocycles. The summed E-state index contributed by atoms with van der Waals surface area (Å²) in [4.78, 5) is 7.70. The van der Waals surface area contributed by atoms with Crippen molar-refractivity contribution in [1.29, 1.82) is 0 Å². The Morgan fingerprint density at radius 2 is 1.56 bits per heavy atom. The van der Waals surface area contributed by atoms with Gasteiger partial charge in [0.15, 0.2) is 11.6 Å². The lowest BCUT2D eigenvalue weighted by Gasteiger charge is -2.09. The maximum atomic E-state index is 13.7. The van der Waals surface area contributed by atoms with E-state index in [0.717, 1.165) is 23.7 Å². The van der Waals surface area contributed by atoms with Gasteiger partial charge in [-0.2, -0.15) is 0 Å². The normalized spacial score (nSPS) is 10.9. The number of pyridine rings is 2. The molecule has 0 amide bonds. The molecular weight excluding hydrogens is 367 g/mol. The molecular formula is C18H13Cl2F2N3. The van der Waals surface area contributed by atoms with Crippen molar-refractivity contribution in [3.63, 3.8) is 0 Å². The molecule has 3 rings (SSSR count). The average molecular weight is 380 g/mol. The molecule has 1 aromatic carbocycles. The highest BCUT2D eigenvalue weighted by molar-refractivity contribution is 6.35. The van der Waals surface area contributed by atoms with Crippen LogP contribution in [0.4, 0.5) is 8.78 Å². The largest absolute Gasteiger partial charge is 0.307 e. The number of aromatic nitrogens is 2. The second-order valence-electron chi connectivity index (χ2n) is 5.32. The van der Waals surface area contributed by atoms with Crippen molar-refractivity contribution in [2.75, 3.05) is 0 Å². The van der Waals surface area contributed by atoms with Crippen LogP contribution in [0.1, 0.15) is 11.3 Å². The van der Waals surface area contributed by atoms with Crippen molar-refractivity contribution < 1.29 is 8.78 Å². The van der Waals surface area contributed by atoms with Crippen molar-refractivity contribution in [3.8, 4) is 11.1 Å². The van der Waals surface area contributed by atoms with Crippen molar-refractivity contribution in [2.45, 2.75) is 13.1 Å². The standard InChI is InChI=1S/C18H13Cl2F2N3/c19-14-2-1-3-15(20)13(14)8-23-7-12-5-4-11(6-25-12)18-16(21)9-24-10-17(18)22/h1-6,9-10,23H,7-8H2. The van der Waals surface area contributed by atoms with Gasteiger partial charge in [0, 0.05) is 40.5 Å². The molecule has 1 N–H and O–H groups in total. The molecule has 0 aliphatic heterocycles. The number of benzene rings is 1. The molecule has 2 aromatic heterocycles.